The Bertz CT molecular complexity index is 1150. The fraction of sp³-hybridized carbons (Fsp3) is 0.160. The average Bonchev–Trinajstić information content (AvgIpc) is 3.26. The van der Waals surface area contributed by atoms with Crippen molar-refractivity contribution >= 4 is 29.5 Å². The van der Waals surface area contributed by atoms with E-state index in [0.717, 1.165) is 5.56 Å². The second-order valence-electron chi connectivity index (χ2n) is 8.19. The first kappa shape index (κ1) is 22.6. The summed E-state index contributed by atoms with van der Waals surface area (Å²) < 4.78 is 5.27. The number of rotatable bonds is 6. The lowest BCUT2D eigenvalue weighted by Gasteiger charge is -2.19. The molecule has 3 rings (SSSR count). The number of anilines is 1. The van der Waals surface area contributed by atoms with Crippen molar-refractivity contribution in [3.05, 3.63) is 95.1 Å². The number of nitrogens with one attached hydrogen (secondary N) is 2. The Balaban J connectivity index is 1.83. The standard InChI is InChI=1S/C25H24N2O5/c1-25(2,3)18-11-9-16(10-12-18)22(28)27-21(15-20-8-5-13-32-20)23(29)26-19-7-4-6-17(14-19)24(30)31/h4-15H,1-3H3,(H,26,29)(H,27,28)(H,30,31)/b21-15-. The highest BCUT2D eigenvalue weighted by Crippen LogP contribution is 2.22. The highest BCUT2D eigenvalue weighted by molar-refractivity contribution is 6.10. The first-order valence-corrected chi connectivity index (χ1v) is 9.95. The Hall–Kier alpha value is -4.13. The zero-order chi connectivity index (χ0) is 23.3. The zero-order valence-electron chi connectivity index (χ0n) is 18.0. The lowest BCUT2D eigenvalue weighted by atomic mass is 9.87. The minimum atomic E-state index is -1.11. The molecule has 164 valence electrons. The van der Waals surface area contributed by atoms with Gasteiger partial charge in [-0.25, -0.2) is 4.79 Å². The van der Waals surface area contributed by atoms with E-state index in [0.29, 0.717) is 11.3 Å². The first-order valence-electron chi connectivity index (χ1n) is 9.95. The van der Waals surface area contributed by atoms with Crippen LogP contribution in [0.25, 0.3) is 6.08 Å². The van der Waals surface area contributed by atoms with Gasteiger partial charge in [-0.2, -0.15) is 0 Å². The molecular weight excluding hydrogens is 408 g/mol. The number of amides is 2. The molecule has 7 heteroatoms. The first-order chi connectivity index (χ1) is 15.1. The van der Waals surface area contributed by atoms with Gasteiger partial charge in [0.15, 0.2) is 0 Å². The summed E-state index contributed by atoms with van der Waals surface area (Å²) in [6.45, 7) is 6.24. The summed E-state index contributed by atoms with van der Waals surface area (Å²) in [5, 5.41) is 14.4. The van der Waals surface area contributed by atoms with Crippen molar-refractivity contribution in [3.8, 4) is 0 Å². The van der Waals surface area contributed by atoms with Crippen LogP contribution < -0.4 is 10.6 Å². The van der Waals surface area contributed by atoms with Crippen molar-refractivity contribution in [1.29, 1.82) is 0 Å². The van der Waals surface area contributed by atoms with Gasteiger partial charge in [0.05, 0.1) is 11.8 Å². The molecule has 1 aromatic heterocycles. The highest BCUT2D eigenvalue weighted by atomic mass is 16.4. The fourth-order valence-electron chi connectivity index (χ4n) is 2.92. The lowest BCUT2D eigenvalue weighted by molar-refractivity contribution is -0.113. The predicted molar refractivity (Wildman–Crippen MR) is 121 cm³/mol. The third kappa shape index (κ3) is 5.72. The van der Waals surface area contributed by atoms with Crippen LogP contribution in [0.1, 0.15) is 52.8 Å². The molecule has 0 aliphatic carbocycles. The Kier molecular flexibility index (Phi) is 6.59. The van der Waals surface area contributed by atoms with Crippen LogP contribution >= 0.6 is 0 Å². The van der Waals surface area contributed by atoms with Crippen molar-refractivity contribution in [2.45, 2.75) is 26.2 Å². The second kappa shape index (κ2) is 9.34. The van der Waals surface area contributed by atoms with Crippen LogP contribution in [0, 0.1) is 0 Å². The van der Waals surface area contributed by atoms with E-state index < -0.39 is 17.8 Å². The number of hydrogen-bond acceptors (Lipinski definition) is 4. The number of hydrogen-bond donors (Lipinski definition) is 3. The minimum Gasteiger partial charge on any atom is -0.478 e. The maximum absolute atomic E-state index is 12.9. The maximum Gasteiger partial charge on any atom is 0.335 e. The van der Waals surface area contributed by atoms with E-state index in [4.69, 9.17) is 9.52 Å². The Morgan fingerprint density at radius 1 is 0.938 bits per heavy atom. The lowest BCUT2D eigenvalue weighted by Crippen LogP contribution is -2.30. The van der Waals surface area contributed by atoms with E-state index in [2.05, 4.69) is 31.4 Å². The zero-order valence-corrected chi connectivity index (χ0v) is 18.0. The molecule has 0 fully saturated rings. The molecule has 0 spiro atoms. The van der Waals surface area contributed by atoms with Gasteiger partial charge >= 0.3 is 5.97 Å². The fourth-order valence-corrected chi connectivity index (χ4v) is 2.92. The molecule has 0 saturated heterocycles. The molecule has 3 aromatic rings. The Morgan fingerprint density at radius 2 is 1.66 bits per heavy atom. The molecule has 3 N–H and O–H groups in total. The van der Waals surface area contributed by atoms with Crippen LogP contribution in [0.3, 0.4) is 0 Å². The third-order valence-electron chi connectivity index (χ3n) is 4.70. The number of carbonyl (C=O) groups is 3. The van der Waals surface area contributed by atoms with Gasteiger partial charge in [-0.3, -0.25) is 9.59 Å². The number of aromatic carboxylic acids is 1. The summed E-state index contributed by atoms with van der Waals surface area (Å²) in [7, 11) is 0. The number of carboxylic acids is 1. The van der Waals surface area contributed by atoms with Crippen LogP contribution in [-0.2, 0) is 10.2 Å². The highest BCUT2D eigenvalue weighted by Gasteiger charge is 2.18. The molecule has 1 heterocycles. The second-order valence-corrected chi connectivity index (χ2v) is 8.19. The van der Waals surface area contributed by atoms with Gasteiger partial charge in [-0.15, -0.1) is 0 Å². The van der Waals surface area contributed by atoms with E-state index >= 15 is 0 Å². The molecule has 2 amide bonds. The average molecular weight is 432 g/mol. The molecule has 0 radical (unpaired) electrons. The summed E-state index contributed by atoms with van der Waals surface area (Å²) in [6, 6.07) is 16.3. The predicted octanol–water partition coefficient (Wildman–Crippen LogP) is 4.68. The molecule has 7 nitrogen and oxygen atoms in total. The summed E-state index contributed by atoms with van der Waals surface area (Å²) in [5.41, 5.74) is 1.68. The summed E-state index contributed by atoms with van der Waals surface area (Å²) in [6.07, 6.45) is 2.85. The van der Waals surface area contributed by atoms with Gasteiger partial charge in [0.1, 0.15) is 11.5 Å². The summed E-state index contributed by atoms with van der Waals surface area (Å²) in [4.78, 5) is 36.9. The van der Waals surface area contributed by atoms with E-state index in [9.17, 15) is 14.4 Å². The topological polar surface area (TPSA) is 109 Å². The van der Waals surface area contributed by atoms with E-state index in [-0.39, 0.29) is 22.4 Å². The SMILES string of the molecule is CC(C)(C)c1ccc(C(=O)N/C(=C\c2ccco2)C(=O)Nc2cccc(C(=O)O)c2)cc1. The Morgan fingerprint density at radius 3 is 2.25 bits per heavy atom. The van der Waals surface area contributed by atoms with Gasteiger partial charge < -0.3 is 20.2 Å². The summed E-state index contributed by atoms with van der Waals surface area (Å²) in [5.74, 6) is -1.82. The van der Waals surface area contributed by atoms with Crippen LogP contribution in [-0.4, -0.2) is 22.9 Å². The van der Waals surface area contributed by atoms with Crippen LogP contribution in [0.2, 0.25) is 0 Å². The van der Waals surface area contributed by atoms with Gasteiger partial charge in [0.25, 0.3) is 11.8 Å². The monoisotopic (exact) mass is 432 g/mol. The van der Waals surface area contributed by atoms with Gasteiger partial charge in [0, 0.05) is 17.3 Å². The molecule has 0 bridgehead atoms. The number of carboxylic acid groups (broad SMARTS) is 1. The van der Waals surface area contributed by atoms with E-state index in [1.165, 1.54) is 30.5 Å². The molecule has 0 atom stereocenters. The molecule has 0 unspecified atom stereocenters. The smallest absolute Gasteiger partial charge is 0.335 e. The molecule has 2 aromatic carbocycles. The third-order valence-corrected chi connectivity index (χ3v) is 4.70. The number of benzene rings is 2. The van der Waals surface area contributed by atoms with Crippen molar-refractivity contribution in [3.63, 3.8) is 0 Å². The maximum atomic E-state index is 12.9. The van der Waals surface area contributed by atoms with Crippen LogP contribution in [0.5, 0.6) is 0 Å². The van der Waals surface area contributed by atoms with Crippen molar-refractivity contribution in [2.75, 3.05) is 5.32 Å². The van der Waals surface area contributed by atoms with E-state index in [1.807, 2.05) is 12.1 Å². The molecular formula is C25H24N2O5. The molecule has 0 saturated carbocycles. The molecule has 32 heavy (non-hydrogen) atoms. The van der Waals surface area contributed by atoms with Crippen LogP contribution in [0.4, 0.5) is 5.69 Å². The normalized spacial score (nSPS) is 11.7. The van der Waals surface area contributed by atoms with Crippen molar-refractivity contribution in [1.82, 2.24) is 5.32 Å². The number of carbonyl (C=O) groups excluding carboxylic acids is 2. The van der Waals surface area contributed by atoms with Gasteiger partial charge in [-0.05, 0) is 53.4 Å². The Labute approximate surface area is 185 Å². The largest absolute Gasteiger partial charge is 0.478 e. The summed E-state index contributed by atoms with van der Waals surface area (Å²) >= 11 is 0. The van der Waals surface area contributed by atoms with E-state index in [1.54, 1.807) is 30.3 Å². The number of furan rings is 1. The quantitative estimate of drug-likeness (QED) is 0.490. The molecule has 0 aliphatic heterocycles. The van der Waals surface area contributed by atoms with Crippen LogP contribution in [0.15, 0.2) is 77.0 Å². The molecule has 0 aliphatic rings. The van der Waals surface area contributed by atoms with Crippen molar-refractivity contribution < 1.29 is 23.9 Å². The van der Waals surface area contributed by atoms with Gasteiger partial charge in [0.2, 0.25) is 0 Å². The minimum absolute atomic E-state index is 0.0299. The van der Waals surface area contributed by atoms with Gasteiger partial charge in [-0.1, -0.05) is 39.0 Å². The van der Waals surface area contributed by atoms with Crippen molar-refractivity contribution in [2.24, 2.45) is 0 Å².